The lowest BCUT2D eigenvalue weighted by atomic mass is 9.86. The van der Waals surface area contributed by atoms with E-state index in [1.807, 2.05) is 6.92 Å². The van der Waals surface area contributed by atoms with Crippen LogP contribution in [0, 0.1) is 0 Å². The van der Waals surface area contributed by atoms with Gasteiger partial charge < -0.3 is 9.64 Å². The van der Waals surface area contributed by atoms with Crippen molar-refractivity contribution in [1.29, 1.82) is 0 Å². The maximum Gasteiger partial charge on any atom is 0.274 e. The number of aromatic nitrogens is 1. The third kappa shape index (κ3) is 3.07. The van der Waals surface area contributed by atoms with Gasteiger partial charge in [0.15, 0.2) is 0 Å². The summed E-state index contributed by atoms with van der Waals surface area (Å²) in [6.07, 6.45) is 4.55. The summed E-state index contributed by atoms with van der Waals surface area (Å²) >= 11 is 1.60. The number of carbonyl (C=O) groups is 1. The Balaban J connectivity index is 1.89. The molecule has 1 amide bonds. The van der Waals surface area contributed by atoms with Crippen molar-refractivity contribution in [3.63, 3.8) is 0 Å². The van der Waals surface area contributed by atoms with Crippen molar-refractivity contribution in [2.75, 3.05) is 13.7 Å². The molecule has 0 aliphatic heterocycles. The van der Waals surface area contributed by atoms with E-state index in [0.29, 0.717) is 12.5 Å². The van der Waals surface area contributed by atoms with Crippen molar-refractivity contribution in [2.24, 2.45) is 0 Å². The van der Waals surface area contributed by atoms with Crippen LogP contribution in [0.25, 0.3) is 10.2 Å². The van der Waals surface area contributed by atoms with Crippen LogP contribution >= 0.6 is 11.3 Å². The number of benzene rings is 1. The van der Waals surface area contributed by atoms with Gasteiger partial charge in [0.1, 0.15) is 0 Å². The quantitative estimate of drug-likeness (QED) is 0.836. The standard InChI is InChI=1S/C18H24N2O2S/c1-4-10-20(16(21)5-2)13-7-8-14-12(11-13)6-9-15-17(14)19-18(22-3)23-15/h6,9,13H,4-5,7-8,10-11H2,1-3H3. The van der Waals surface area contributed by atoms with Crippen LogP contribution in [0.3, 0.4) is 0 Å². The zero-order chi connectivity index (χ0) is 16.4. The molecule has 5 heteroatoms. The average Bonchev–Trinajstić information content (AvgIpc) is 3.02. The molecular weight excluding hydrogens is 308 g/mol. The van der Waals surface area contributed by atoms with Gasteiger partial charge >= 0.3 is 0 Å². The average molecular weight is 332 g/mol. The summed E-state index contributed by atoms with van der Waals surface area (Å²) in [6.45, 7) is 4.95. The predicted octanol–water partition coefficient (Wildman–Crippen LogP) is 3.81. The van der Waals surface area contributed by atoms with Gasteiger partial charge in [0.05, 0.1) is 17.3 Å². The Morgan fingerprint density at radius 2 is 2.26 bits per heavy atom. The summed E-state index contributed by atoms with van der Waals surface area (Å²) in [5.41, 5.74) is 3.78. The number of carbonyl (C=O) groups excluding carboxylic acids is 1. The Morgan fingerprint density at radius 1 is 1.43 bits per heavy atom. The molecule has 0 saturated carbocycles. The summed E-state index contributed by atoms with van der Waals surface area (Å²) in [6, 6.07) is 4.68. The number of ether oxygens (including phenoxy) is 1. The molecule has 4 nitrogen and oxygen atoms in total. The van der Waals surface area contributed by atoms with E-state index in [9.17, 15) is 4.79 Å². The summed E-state index contributed by atoms with van der Waals surface area (Å²) in [5.74, 6) is 0.275. The fraction of sp³-hybridized carbons (Fsp3) is 0.556. The van der Waals surface area contributed by atoms with Gasteiger partial charge in [-0.3, -0.25) is 4.79 Å². The highest BCUT2D eigenvalue weighted by Gasteiger charge is 2.28. The smallest absolute Gasteiger partial charge is 0.274 e. The normalized spacial score (nSPS) is 17.1. The van der Waals surface area contributed by atoms with Crippen molar-refractivity contribution < 1.29 is 9.53 Å². The van der Waals surface area contributed by atoms with E-state index in [1.54, 1.807) is 18.4 Å². The number of amides is 1. The second-order valence-corrected chi connectivity index (χ2v) is 7.06. The first-order valence-electron chi connectivity index (χ1n) is 8.42. The molecule has 1 aromatic carbocycles. The first kappa shape index (κ1) is 16.2. The second-order valence-electron chi connectivity index (χ2n) is 6.07. The number of hydrogen-bond donors (Lipinski definition) is 0. The molecule has 0 fully saturated rings. The third-order valence-electron chi connectivity index (χ3n) is 4.63. The molecule has 124 valence electrons. The molecule has 23 heavy (non-hydrogen) atoms. The summed E-state index contributed by atoms with van der Waals surface area (Å²) in [4.78, 5) is 19.0. The van der Waals surface area contributed by atoms with E-state index in [-0.39, 0.29) is 5.91 Å². The Bertz CT molecular complexity index is 710. The molecule has 1 aliphatic rings. The summed E-state index contributed by atoms with van der Waals surface area (Å²) in [5, 5.41) is 0.726. The SMILES string of the molecule is CCCN(C(=O)CC)C1CCc2c(ccc3sc(OC)nc23)C1. The van der Waals surface area contributed by atoms with Crippen LogP contribution < -0.4 is 4.74 Å². The Morgan fingerprint density at radius 3 is 2.96 bits per heavy atom. The second kappa shape index (κ2) is 6.87. The predicted molar refractivity (Wildman–Crippen MR) is 94.3 cm³/mol. The van der Waals surface area contributed by atoms with Crippen LogP contribution in [0.4, 0.5) is 0 Å². The van der Waals surface area contributed by atoms with Gasteiger partial charge in [0, 0.05) is 19.0 Å². The van der Waals surface area contributed by atoms with Gasteiger partial charge in [0.25, 0.3) is 5.19 Å². The monoisotopic (exact) mass is 332 g/mol. The van der Waals surface area contributed by atoms with E-state index >= 15 is 0 Å². The maximum atomic E-state index is 12.3. The molecule has 1 aliphatic carbocycles. The number of thiazole rings is 1. The third-order valence-corrected chi connectivity index (χ3v) is 5.61. The van der Waals surface area contributed by atoms with Gasteiger partial charge in [-0.25, -0.2) is 4.98 Å². The van der Waals surface area contributed by atoms with E-state index in [0.717, 1.165) is 42.9 Å². The molecule has 3 rings (SSSR count). The van der Waals surface area contributed by atoms with Crippen molar-refractivity contribution in [3.05, 3.63) is 23.3 Å². The lowest BCUT2D eigenvalue weighted by Crippen LogP contribution is -2.43. The van der Waals surface area contributed by atoms with Crippen molar-refractivity contribution in [3.8, 4) is 5.19 Å². The van der Waals surface area contributed by atoms with E-state index < -0.39 is 0 Å². The molecule has 0 spiro atoms. The van der Waals surface area contributed by atoms with Crippen LogP contribution in [0.15, 0.2) is 12.1 Å². The zero-order valence-corrected chi connectivity index (χ0v) is 14.9. The number of fused-ring (bicyclic) bond motifs is 3. The minimum Gasteiger partial charge on any atom is -0.473 e. The molecule has 1 unspecified atom stereocenters. The van der Waals surface area contributed by atoms with Crippen LogP contribution in [-0.2, 0) is 17.6 Å². The molecule has 0 radical (unpaired) electrons. The lowest BCUT2D eigenvalue weighted by molar-refractivity contribution is -0.133. The first-order valence-corrected chi connectivity index (χ1v) is 9.24. The Kier molecular flexibility index (Phi) is 4.85. The highest BCUT2D eigenvalue weighted by molar-refractivity contribution is 7.20. The molecule has 0 N–H and O–H groups in total. The largest absolute Gasteiger partial charge is 0.473 e. The lowest BCUT2D eigenvalue weighted by Gasteiger charge is -2.35. The molecule has 1 aromatic heterocycles. The van der Waals surface area contributed by atoms with Crippen LogP contribution in [-0.4, -0.2) is 35.5 Å². The van der Waals surface area contributed by atoms with Crippen LogP contribution in [0.5, 0.6) is 5.19 Å². The molecule has 1 heterocycles. The molecule has 0 bridgehead atoms. The fourth-order valence-corrected chi connectivity index (χ4v) is 4.33. The summed E-state index contributed by atoms with van der Waals surface area (Å²) < 4.78 is 6.47. The number of aryl methyl sites for hydroxylation is 1. The van der Waals surface area contributed by atoms with Gasteiger partial charge in [-0.1, -0.05) is 31.3 Å². The van der Waals surface area contributed by atoms with E-state index in [4.69, 9.17) is 4.74 Å². The Labute approximate surface area is 141 Å². The van der Waals surface area contributed by atoms with E-state index in [2.05, 4.69) is 28.9 Å². The van der Waals surface area contributed by atoms with Crippen molar-refractivity contribution in [1.82, 2.24) is 9.88 Å². The van der Waals surface area contributed by atoms with Gasteiger partial charge in [-0.15, -0.1) is 0 Å². The van der Waals surface area contributed by atoms with Crippen LogP contribution in [0.2, 0.25) is 0 Å². The highest BCUT2D eigenvalue weighted by Crippen LogP contribution is 2.35. The number of hydrogen-bond acceptors (Lipinski definition) is 4. The maximum absolute atomic E-state index is 12.3. The van der Waals surface area contributed by atoms with Crippen LogP contribution in [0.1, 0.15) is 44.2 Å². The van der Waals surface area contributed by atoms with Gasteiger partial charge in [0.2, 0.25) is 5.91 Å². The topological polar surface area (TPSA) is 42.4 Å². The van der Waals surface area contributed by atoms with Crippen molar-refractivity contribution >= 4 is 27.5 Å². The van der Waals surface area contributed by atoms with Crippen molar-refractivity contribution in [2.45, 2.75) is 52.0 Å². The molecular formula is C18H24N2O2S. The van der Waals surface area contributed by atoms with Gasteiger partial charge in [-0.2, -0.15) is 0 Å². The van der Waals surface area contributed by atoms with E-state index in [1.165, 1.54) is 15.8 Å². The number of methoxy groups -OCH3 is 1. The minimum atomic E-state index is 0.275. The fourth-order valence-electron chi connectivity index (χ4n) is 3.52. The molecule has 1 atom stereocenters. The highest BCUT2D eigenvalue weighted by atomic mass is 32.1. The number of nitrogens with zero attached hydrogens (tertiary/aromatic N) is 2. The molecule has 0 saturated heterocycles. The molecule has 2 aromatic rings. The van der Waals surface area contributed by atoms with Gasteiger partial charge in [-0.05, 0) is 42.9 Å². The number of rotatable bonds is 5. The first-order chi connectivity index (χ1) is 11.2. The Hall–Kier alpha value is -1.62. The summed E-state index contributed by atoms with van der Waals surface area (Å²) in [7, 11) is 1.67. The minimum absolute atomic E-state index is 0.275. The zero-order valence-electron chi connectivity index (χ0n) is 14.1.